The van der Waals surface area contributed by atoms with Gasteiger partial charge in [0.15, 0.2) is 5.69 Å². The summed E-state index contributed by atoms with van der Waals surface area (Å²) in [7, 11) is -2.48. The molecule has 3 aromatic carbocycles. The Hall–Kier alpha value is -3.60. The van der Waals surface area contributed by atoms with Crippen LogP contribution in [0.3, 0.4) is 0 Å². The summed E-state index contributed by atoms with van der Waals surface area (Å²) < 4.78 is 32.9. The summed E-state index contributed by atoms with van der Waals surface area (Å²) in [4.78, 5) is 15.6. The van der Waals surface area contributed by atoms with Crippen molar-refractivity contribution < 1.29 is 17.9 Å². The fourth-order valence-corrected chi connectivity index (χ4v) is 5.48. The molecule has 0 atom stereocenters. The highest BCUT2D eigenvalue weighted by Gasteiger charge is 2.31. The number of rotatable bonds is 5. The zero-order valence-electron chi connectivity index (χ0n) is 17.7. The molecule has 0 spiro atoms. The van der Waals surface area contributed by atoms with E-state index in [0.29, 0.717) is 40.5 Å². The van der Waals surface area contributed by atoms with Gasteiger partial charge in [0.1, 0.15) is 0 Å². The topological polar surface area (TPSA) is 68.0 Å². The Kier molecular flexibility index (Phi) is 6.23. The van der Waals surface area contributed by atoms with Gasteiger partial charge in [0.05, 0.1) is 29.8 Å². The minimum Gasteiger partial charge on any atom is -0.465 e. The van der Waals surface area contributed by atoms with E-state index >= 15 is 0 Å². The zero-order valence-corrected chi connectivity index (χ0v) is 19.2. The molecule has 1 heterocycles. The first kappa shape index (κ1) is 22.6. The molecule has 0 N–H and O–H groups in total. The Bertz CT molecular complexity index is 1420. The van der Waals surface area contributed by atoms with Gasteiger partial charge in [-0.05, 0) is 59.5 Å². The number of hydrogen-bond donors (Lipinski definition) is 0. The molecule has 1 aliphatic heterocycles. The molecule has 0 amide bonds. The van der Waals surface area contributed by atoms with Crippen LogP contribution in [0.2, 0.25) is 5.02 Å². The molecule has 0 unspecified atom stereocenters. The van der Waals surface area contributed by atoms with Crippen molar-refractivity contribution in [3.05, 3.63) is 99.4 Å². The number of benzene rings is 3. The number of hydrogen-bond acceptors (Lipinski definition) is 4. The quantitative estimate of drug-likeness (QED) is 0.272. The summed E-state index contributed by atoms with van der Waals surface area (Å²) in [6.45, 7) is 7.50. The van der Waals surface area contributed by atoms with Crippen molar-refractivity contribution in [1.82, 2.24) is 0 Å². The molecule has 166 valence electrons. The van der Waals surface area contributed by atoms with E-state index in [2.05, 4.69) is 4.85 Å². The molecule has 3 aromatic rings. The molecule has 6 nitrogen and oxygen atoms in total. The molecule has 0 aromatic heterocycles. The van der Waals surface area contributed by atoms with Gasteiger partial charge in [-0.1, -0.05) is 48.0 Å². The first-order chi connectivity index (χ1) is 15.8. The maximum Gasteiger partial charge on any atom is 0.337 e. The van der Waals surface area contributed by atoms with Gasteiger partial charge >= 0.3 is 5.97 Å². The van der Waals surface area contributed by atoms with Gasteiger partial charge in [0, 0.05) is 11.6 Å². The van der Waals surface area contributed by atoms with Crippen LogP contribution in [0.4, 0.5) is 11.4 Å². The summed E-state index contributed by atoms with van der Waals surface area (Å²) in [5.41, 5.74) is 3.35. The number of carbonyl (C=O) groups is 1. The van der Waals surface area contributed by atoms with Gasteiger partial charge in [-0.15, -0.1) is 0 Å². The minimum absolute atomic E-state index is 0.170. The number of methoxy groups -OCH3 is 1. The standard InChI is InChI=1S/C25H19ClN2O4S/c1-27-21-10-8-18(23(16-21)25(29)32-2)7-6-17-4-3-5-22(14-17)33(30,31)28-13-12-19-15-20(26)9-11-24(19)28/h3-11,14-16H,12-13H2,2H3/b7-6+. The number of nitrogens with zero attached hydrogens (tertiary/aromatic N) is 2. The lowest BCUT2D eigenvalue weighted by Gasteiger charge is -2.20. The van der Waals surface area contributed by atoms with Crippen LogP contribution in [0.5, 0.6) is 0 Å². The van der Waals surface area contributed by atoms with Crippen molar-refractivity contribution in [1.29, 1.82) is 0 Å². The van der Waals surface area contributed by atoms with Crippen LogP contribution in [-0.4, -0.2) is 28.0 Å². The molecule has 0 saturated carbocycles. The number of sulfonamides is 1. The summed E-state index contributed by atoms with van der Waals surface area (Å²) in [5.74, 6) is -0.552. The molecule has 33 heavy (non-hydrogen) atoms. The van der Waals surface area contributed by atoms with E-state index < -0.39 is 16.0 Å². The van der Waals surface area contributed by atoms with Crippen LogP contribution in [0, 0.1) is 6.57 Å². The Morgan fingerprint density at radius 3 is 2.70 bits per heavy atom. The van der Waals surface area contributed by atoms with Gasteiger partial charge in [-0.3, -0.25) is 4.31 Å². The third-order valence-corrected chi connectivity index (χ3v) is 7.41. The molecule has 0 bridgehead atoms. The van der Waals surface area contributed by atoms with E-state index in [9.17, 15) is 13.2 Å². The number of fused-ring (bicyclic) bond motifs is 1. The fraction of sp³-hybridized carbons (Fsp3) is 0.120. The zero-order chi connectivity index (χ0) is 23.6. The van der Waals surface area contributed by atoms with Gasteiger partial charge in [0.2, 0.25) is 0 Å². The van der Waals surface area contributed by atoms with Crippen LogP contribution >= 0.6 is 11.6 Å². The lowest BCUT2D eigenvalue weighted by atomic mass is 10.0. The van der Waals surface area contributed by atoms with Gasteiger partial charge in [-0.25, -0.2) is 18.1 Å². The SMILES string of the molecule is [C-]#[N+]c1ccc(/C=C/c2cccc(S(=O)(=O)N3CCc4cc(Cl)ccc43)c2)c(C(=O)OC)c1. The number of ether oxygens (including phenoxy) is 1. The average molecular weight is 479 g/mol. The molecular formula is C25H19ClN2O4S. The predicted octanol–water partition coefficient (Wildman–Crippen LogP) is 5.60. The van der Waals surface area contributed by atoms with Gasteiger partial charge in [0.25, 0.3) is 10.0 Å². The van der Waals surface area contributed by atoms with E-state index in [1.54, 1.807) is 66.7 Å². The van der Waals surface area contributed by atoms with E-state index in [0.717, 1.165) is 5.56 Å². The first-order valence-electron chi connectivity index (χ1n) is 10.0. The third kappa shape index (κ3) is 4.49. The minimum atomic E-state index is -3.76. The second-order valence-corrected chi connectivity index (χ2v) is 9.68. The third-order valence-electron chi connectivity index (χ3n) is 5.37. The first-order valence-corrected chi connectivity index (χ1v) is 11.8. The van der Waals surface area contributed by atoms with E-state index in [-0.39, 0.29) is 10.5 Å². The summed E-state index contributed by atoms with van der Waals surface area (Å²) in [5, 5.41) is 0.580. The molecule has 1 aliphatic rings. The van der Waals surface area contributed by atoms with Crippen LogP contribution < -0.4 is 4.31 Å². The van der Waals surface area contributed by atoms with Crippen LogP contribution in [-0.2, 0) is 21.2 Å². The highest BCUT2D eigenvalue weighted by molar-refractivity contribution is 7.92. The van der Waals surface area contributed by atoms with Crippen LogP contribution in [0.25, 0.3) is 17.0 Å². The van der Waals surface area contributed by atoms with Gasteiger partial charge < -0.3 is 4.74 Å². The van der Waals surface area contributed by atoms with E-state index in [1.807, 2.05) is 0 Å². The van der Waals surface area contributed by atoms with Crippen molar-refractivity contribution in [2.75, 3.05) is 18.0 Å². The summed E-state index contributed by atoms with van der Waals surface area (Å²) >= 11 is 6.05. The number of halogens is 1. The van der Waals surface area contributed by atoms with Crippen molar-refractivity contribution in [3.63, 3.8) is 0 Å². The smallest absolute Gasteiger partial charge is 0.337 e. The molecule has 0 radical (unpaired) electrons. The summed E-state index contributed by atoms with van der Waals surface area (Å²) in [6, 6.07) is 16.5. The number of carbonyl (C=O) groups excluding carboxylic acids is 1. The van der Waals surface area contributed by atoms with E-state index in [1.165, 1.54) is 17.5 Å². The highest BCUT2D eigenvalue weighted by atomic mass is 35.5. The van der Waals surface area contributed by atoms with Crippen molar-refractivity contribution in [3.8, 4) is 0 Å². The maximum atomic E-state index is 13.3. The molecule has 0 fully saturated rings. The Morgan fingerprint density at radius 2 is 1.94 bits per heavy atom. The molecular weight excluding hydrogens is 460 g/mol. The van der Waals surface area contributed by atoms with Crippen molar-refractivity contribution >= 4 is 51.1 Å². The van der Waals surface area contributed by atoms with E-state index in [4.69, 9.17) is 22.9 Å². The molecule has 0 aliphatic carbocycles. The molecule has 8 heteroatoms. The number of esters is 1. The summed E-state index contributed by atoms with van der Waals surface area (Å²) in [6.07, 6.45) is 4.01. The van der Waals surface area contributed by atoms with Crippen molar-refractivity contribution in [2.24, 2.45) is 0 Å². The Balaban J connectivity index is 1.66. The maximum absolute atomic E-state index is 13.3. The Labute approximate surface area is 197 Å². The lowest BCUT2D eigenvalue weighted by molar-refractivity contribution is 0.0600. The predicted molar refractivity (Wildman–Crippen MR) is 129 cm³/mol. The second kappa shape index (κ2) is 9.10. The van der Waals surface area contributed by atoms with Gasteiger partial charge in [-0.2, -0.15) is 0 Å². The normalized spacial score (nSPS) is 13.1. The highest BCUT2D eigenvalue weighted by Crippen LogP contribution is 2.34. The Morgan fingerprint density at radius 1 is 1.12 bits per heavy atom. The molecule has 0 saturated heterocycles. The molecule has 4 rings (SSSR count). The van der Waals surface area contributed by atoms with Crippen LogP contribution in [0.1, 0.15) is 27.0 Å². The second-order valence-electron chi connectivity index (χ2n) is 7.38. The van der Waals surface area contributed by atoms with Crippen molar-refractivity contribution in [2.45, 2.75) is 11.3 Å². The monoisotopic (exact) mass is 478 g/mol. The largest absolute Gasteiger partial charge is 0.465 e. The van der Waals surface area contributed by atoms with Crippen LogP contribution in [0.15, 0.2) is 65.6 Å². The lowest BCUT2D eigenvalue weighted by Crippen LogP contribution is -2.29. The average Bonchev–Trinajstić information content (AvgIpc) is 3.26. The fourth-order valence-electron chi connectivity index (χ4n) is 3.73. The number of anilines is 1.